The minimum absolute atomic E-state index is 0.0201. The maximum absolute atomic E-state index is 13.0. The number of rotatable bonds is 5. The summed E-state index contributed by atoms with van der Waals surface area (Å²) < 4.78 is 32.8. The number of sulfonamides is 1. The molecule has 0 saturated carbocycles. The summed E-state index contributed by atoms with van der Waals surface area (Å²) in [6, 6.07) is 6.78. The lowest BCUT2D eigenvalue weighted by Gasteiger charge is -2.33. The van der Waals surface area contributed by atoms with E-state index in [4.69, 9.17) is 10.2 Å². The molecule has 0 unspecified atom stereocenters. The highest BCUT2D eigenvalue weighted by Crippen LogP contribution is 2.21. The molecule has 1 aliphatic rings. The van der Waals surface area contributed by atoms with Crippen molar-refractivity contribution < 1.29 is 22.4 Å². The predicted molar refractivity (Wildman–Crippen MR) is 116 cm³/mol. The van der Waals surface area contributed by atoms with E-state index in [-0.39, 0.29) is 60.9 Å². The topological polar surface area (TPSA) is 169 Å². The number of hydrogen-bond donors (Lipinski definition) is 2. The Bertz CT molecular complexity index is 1480. The molecular formula is C20H21N5O7S. The number of carbonyl (C=O) groups is 2. The Balaban J connectivity index is 1.51. The van der Waals surface area contributed by atoms with E-state index in [0.29, 0.717) is 0 Å². The normalized spacial score (nSPS) is 15.1. The fourth-order valence-corrected chi connectivity index (χ4v) is 5.04. The lowest BCUT2D eigenvalue weighted by molar-refractivity contribution is 0.0696. The van der Waals surface area contributed by atoms with Crippen LogP contribution in [0.2, 0.25) is 0 Å². The Morgan fingerprint density at radius 2 is 1.79 bits per heavy atom. The first-order chi connectivity index (χ1) is 15.6. The van der Waals surface area contributed by atoms with Crippen LogP contribution in [0.1, 0.15) is 27.8 Å². The number of hydrogen-bond acceptors (Lipinski definition) is 7. The second-order valence-corrected chi connectivity index (χ2v) is 9.29. The molecular weight excluding hydrogens is 454 g/mol. The maximum Gasteiger partial charge on any atom is 0.328 e. The van der Waals surface area contributed by atoms with Crippen molar-refractivity contribution in [3.8, 4) is 0 Å². The van der Waals surface area contributed by atoms with Gasteiger partial charge in [-0.25, -0.2) is 13.2 Å². The summed E-state index contributed by atoms with van der Waals surface area (Å²) in [6.45, 7) is 2.18. The van der Waals surface area contributed by atoms with Crippen molar-refractivity contribution in [3.63, 3.8) is 0 Å². The van der Waals surface area contributed by atoms with Gasteiger partial charge in [-0.3, -0.25) is 19.0 Å². The quantitative estimate of drug-likeness (QED) is 0.503. The van der Waals surface area contributed by atoms with E-state index in [2.05, 4.69) is 4.98 Å². The second kappa shape index (κ2) is 8.33. The Labute approximate surface area is 187 Å². The fraction of sp³-hybridized carbons (Fsp3) is 0.300. The third-order valence-electron chi connectivity index (χ3n) is 5.49. The number of nitrogens with two attached hydrogens (primary N) is 1. The fourth-order valence-electron chi connectivity index (χ4n) is 3.71. The van der Waals surface area contributed by atoms with Crippen LogP contribution in [0.3, 0.4) is 0 Å². The van der Waals surface area contributed by atoms with Crippen molar-refractivity contribution >= 4 is 32.7 Å². The van der Waals surface area contributed by atoms with Crippen molar-refractivity contribution in [1.29, 1.82) is 0 Å². The molecule has 0 aliphatic carbocycles. The highest BCUT2D eigenvalue weighted by atomic mass is 32.2. The van der Waals surface area contributed by atoms with Gasteiger partial charge < -0.3 is 20.0 Å². The van der Waals surface area contributed by atoms with Gasteiger partial charge in [0.05, 0.1) is 10.9 Å². The molecule has 2 amide bonds. The van der Waals surface area contributed by atoms with E-state index in [9.17, 15) is 27.6 Å². The lowest BCUT2D eigenvalue weighted by Crippen LogP contribution is -2.50. The van der Waals surface area contributed by atoms with Crippen LogP contribution in [0.5, 0.6) is 0 Å². The number of carbonyl (C=O) groups excluding carboxylic acids is 2. The molecule has 1 fully saturated rings. The van der Waals surface area contributed by atoms with Crippen LogP contribution in [0.15, 0.2) is 49.4 Å². The van der Waals surface area contributed by atoms with Crippen LogP contribution in [-0.2, 0) is 16.6 Å². The van der Waals surface area contributed by atoms with Gasteiger partial charge in [-0.1, -0.05) is 0 Å². The average Bonchev–Trinajstić information content (AvgIpc) is 3.30. The molecule has 2 aromatic heterocycles. The van der Waals surface area contributed by atoms with Gasteiger partial charge in [0.1, 0.15) is 0 Å². The molecule has 0 spiro atoms. The number of aromatic nitrogens is 2. The largest absolute Gasteiger partial charge is 0.438 e. The Kier molecular flexibility index (Phi) is 5.68. The average molecular weight is 475 g/mol. The van der Waals surface area contributed by atoms with Gasteiger partial charge in [0.2, 0.25) is 5.09 Å². The molecule has 0 radical (unpaired) electrons. The van der Waals surface area contributed by atoms with Crippen LogP contribution >= 0.6 is 0 Å². The van der Waals surface area contributed by atoms with Crippen molar-refractivity contribution in [2.75, 3.05) is 26.2 Å². The standard InChI is InChI=1S/C20H21N5O7S/c1-2-25-19(28)13-4-3-12(11-14(13)22-20(25)29)18(27)23-7-9-24(10-8-23)33(30,31)16-6-5-15(32-16)17(21)26/h3-6,11H,2,7-10H2,1H3,(H2,21,26)(H,22,29). The highest BCUT2D eigenvalue weighted by Gasteiger charge is 2.33. The summed E-state index contributed by atoms with van der Waals surface area (Å²) in [5, 5.41) is -0.106. The first-order valence-corrected chi connectivity index (χ1v) is 11.5. The van der Waals surface area contributed by atoms with Crippen molar-refractivity contribution in [2.24, 2.45) is 5.73 Å². The third kappa shape index (κ3) is 3.96. The zero-order chi connectivity index (χ0) is 23.9. The molecule has 0 atom stereocenters. The molecule has 1 saturated heterocycles. The number of nitrogens with zero attached hydrogens (tertiary/aromatic N) is 3. The molecule has 3 aromatic rings. The third-order valence-corrected chi connectivity index (χ3v) is 7.26. The first kappa shape index (κ1) is 22.5. The lowest BCUT2D eigenvalue weighted by atomic mass is 10.1. The number of nitrogens with one attached hydrogen (secondary N) is 1. The zero-order valence-electron chi connectivity index (χ0n) is 17.6. The number of benzene rings is 1. The summed E-state index contributed by atoms with van der Waals surface area (Å²) in [6.07, 6.45) is 0. The van der Waals surface area contributed by atoms with E-state index < -0.39 is 32.3 Å². The Hall–Kier alpha value is -3.71. The Morgan fingerprint density at radius 3 is 2.39 bits per heavy atom. The van der Waals surface area contributed by atoms with E-state index >= 15 is 0 Å². The van der Waals surface area contributed by atoms with Crippen molar-refractivity contribution in [1.82, 2.24) is 18.8 Å². The van der Waals surface area contributed by atoms with Crippen LogP contribution in [0.4, 0.5) is 0 Å². The van der Waals surface area contributed by atoms with Gasteiger partial charge in [0.25, 0.3) is 27.4 Å². The maximum atomic E-state index is 13.0. The smallest absolute Gasteiger partial charge is 0.328 e. The molecule has 12 nitrogen and oxygen atoms in total. The summed E-state index contributed by atoms with van der Waals surface area (Å²) in [5.41, 5.74) is 4.62. The highest BCUT2D eigenvalue weighted by molar-refractivity contribution is 7.89. The molecule has 3 heterocycles. The summed E-state index contributed by atoms with van der Waals surface area (Å²) in [7, 11) is -3.99. The van der Waals surface area contributed by atoms with Crippen LogP contribution in [-0.4, -0.2) is 65.2 Å². The summed E-state index contributed by atoms with van der Waals surface area (Å²) >= 11 is 0. The molecule has 1 aliphatic heterocycles. The molecule has 0 bridgehead atoms. The predicted octanol–water partition coefficient (Wildman–Crippen LogP) is -0.452. The number of amides is 2. The minimum atomic E-state index is -3.99. The molecule has 4 rings (SSSR count). The monoisotopic (exact) mass is 475 g/mol. The molecule has 33 heavy (non-hydrogen) atoms. The van der Waals surface area contributed by atoms with Gasteiger partial charge in [-0.2, -0.15) is 4.31 Å². The number of aromatic amines is 1. The van der Waals surface area contributed by atoms with Crippen LogP contribution in [0.25, 0.3) is 10.9 Å². The van der Waals surface area contributed by atoms with Gasteiger partial charge in [0.15, 0.2) is 5.76 Å². The van der Waals surface area contributed by atoms with E-state index in [1.807, 2.05) is 0 Å². The number of H-pyrrole nitrogens is 1. The SMILES string of the molecule is CCn1c(=O)[nH]c2cc(C(=O)N3CCN(S(=O)(=O)c4ccc(C(N)=O)o4)CC3)ccc2c1=O. The Morgan fingerprint density at radius 1 is 1.09 bits per heavy atom. The van der Waals surface area contributed by atoms with E-state index in [1.54, 1.807) is 6.92 Å². The number of primary amides is 1. The van der Waals surface area contributed by atoms with Crippen molar-refractivity contribution in [2.45, 2.75) is 18.6 Å². The van der Waals surface area contributed by atoms with E-state index in [1.165, 1.54) is 29.2 Å². The van der Waals surface area contributed by atoms with Gasteiger partial charge in [0, 0.05) is 38.3 Å². The van der Waals surface area contributed by atoms with Gasteiger partial charge in [-0.05, 0) is 37.3 Å². The molecule has 174 valence electrons. The summed E-state index contributed by atoms with van der Waals surface area (Å²) in [4.78, 5) is 52.7. The van der Waals surface area contributed by atoms with Crippen LogP contribution in [0, 0.1) is 0 Å². The van der Waals surface area contributed by atoms with Gasteiger partial charge >= 0.3 is 5.69 Å². The number of fused-ring (bicyclic) bond motifs is 1. The number of furan rings is 1. The second-order valence-electron chi connectivity index (χ2n) is 7.42. The summed E-state index contributed by atoms with van der Waals surface area (Å²) in [5.74, 6) is -1.50. The van der Waals surface area contributed by atoms with Crippen LogP contribution < -0.4 is 17.0 Å². The molecule has 13 heteroatoms. The van der Waals surface area contributed by atoms with E-state index in [0.717, 1.165) is 14.9 Å². The first-order valence-electron chi connectivity index (χ1n) is 10.1. The minimum Gasteiger partial charge on any atom is -0.438 e. The van der Waals surface area contributed by atoms with Gasteiger partial charge in [-0.15, -0.1) is 0 Å². The van der Waals surface area contributed by atoms with Crippen molar-refractivity contribution in [3.05, 3.63) is 62.5 Å². The number of piperazine rings is 1. The molecule has 1 aromatic carbocycles. The molecule has 3 N–H and O–H groups in total. The zero-order valence-corrected chi connectivity index (χ0v) is 18.4.